The van der Waals surface area contributed by atoms with E-state index < -0.39 is 12.0 Å². The summed E-state index contributed by atoms with van der Waals surface area (Å²) in [5.74, 6) is 1.01. The van der Waals surface area contributed by atoms with Gasteiger partial charge in [0.05, 0.1) is 33.8 Å². The number of esters is 1. The molecule has 1 aliphatic carbocycles. The number of nitrogens with zero attached hydrogens (tertiary/aromatic N) is 1. The van der Waals surface area contributed by atoms with Gasteiger partial charge in [-0.1, -0.05) is 6.07 Å². The second-order valence-corrected chi connectivity index (χ2v) is 8.62. The highest BCUT2D eigenvalue weighted by Gasteiger charge is 2.34. The van der Waals surface area contributed by atoms with Gasteiger partial charge in [-0.05, 0) is 54.7 Å². The number of rotatable bonds is 9. The molecule has 0 saturated heterocycles. The van der Waals surface area contributed by atoms with Gasteiger partial charge < -0.3 is 29.2 Å². The first-order chi connectivity index (χ1) is 16.9. The molecule has 9 nitrogen and oxygen atoms in total. The Morgan fingerprint density at radius 1 is 1.03 bits per heavy atom. The van der Waals surface area contributed by atoms with Gasteiger partial charge in [0.2, 0.25) is 5.91 Å². The summed E-state index contributed by atoms with van der Waals surface area (Å²) in [4.78, 5) is 39.1. The van der Waals surface area contributed by atoms with Crippen molar-refractivity contribution in [1.29, 1.82) is 0 Å². The SMILES string of the molecule is COC(=O)CC1c2cc(OC)c(OC)cc2CCN1C(=O)COc1cccc(NC(=O)C2CC2)c1. The fraction of sp³-hybridized carbons (Fsp3) is 0.423. The molecule has 186 valence electrons. The van der Waals surface area contributed by atoms with Crippen molar-refractivity contribution in [3.05, 3.63) is 47.5 Å². The van der Waals surface area contributed by atoms with Gasteiger partial charge >= 0.3 is 5.97 Å². The Morgan fingerprint density at radius 2 is 1.77 bits per heavy atom. The van der Waals surface area contributed by atoms with E-state index in [0.29, 0.717) is 35.9 Å². The van der Waals surface area contributed by atoms with Gasteiger partial charge in [0.15, 0.2) is 18.1 Å². The second kappa shape index (κ2) is 10.7. The molecule has 2 aromatic carbocycles. The van der Waals surface area contributed by atoms with Crippen LogP contribution in [0, 0.1) is 5.92 Å². The van der Waals surface area contributed by atoms with Crippen molar-refractivity contribution in [2.45, 2.75) is 31.7 Å². The number of benzene rings is 2. The molecule has 1 N–H and O–H groups in total. The standard InChI is InChI=1S/C26H30N2O7/c1-32-22-11-17-9-10-28(21(14-25(30)34-3)20(17)13-23(22)33-2)24(29)15-35-19-6-4-5-18(12-19)27-26(31)16-7-8-16/h4-6,11-13,16,21H,7-10,14-15H2,1-3H3,(H,27,31). The lowest BCUT2D eigenvalue weighted by Gasteiger charge is -2.37. The predicted molar refractivity (Wildman–Crippen MR) is 128 cm³/mol. The first kappa shape index (κ1) is 24.4. The highest BCUT2D eigenvalue weighted by molar-refractivity contribution is 5.94. The van der Waals surface area contributed by atoms with E-state index in [9.17, 15) is 14.4 Å². The van der Waals surface area contributed by atoms with Crippen molar-refractivity contribution in [2.24, 2.45) is 5.92 Å². The number of carbonyl (C=O) groups is 3. The fourth-order valence-electron chi connectivity index (χ4n) is 4.27. The molecule has 0 bridgehead atoms. The maximum Gasteiger partial charge on any atom is 0.307 e. The van der Waals surface area contributed by atoms with E-state index in [1.165, 1.54) is 7.11 Å². The van der Waals surface area contributed by atoms with Crippen molar-refractivity contribution in [3.63, 3.8) is 0 Å². The summed E-state index contributed by atoms with van der Waals surface area (Å²) in [5, 5.41) is 2.87. The Morgan fingerprint density at radius 3 is 2.46 bits per heavy atom. The zero-order chi connectivity index (χ0) is 24.9. The van der Waals surface area contributed by atoms with Gasteiger partial charge in [-0.2, -0.15) is 0 Å². The maximum atomic E-state index is 13.2. The molecule has 2 amide bonds. The molecule has 2 aromatic rings. The molecule has 1 fully saturated rings. The van der Waals surface area contributed by atoms with Gasteiger partial charge in [0.1, 0.15) is 5.75 Å². The fourth-order valence-corrected chi connectivity index (χ4v) is 4.27. The predicted octanol–water partition coefficient (Wildman–Crippen LogP) is 3.12. The molecule has 2 aliphatic rings. The smallest absolute Gasteiger partial charge is 0.307 e. The summed E-state index contributed by atoms with van der Waals surface area (Å²) in [6.07, 6.45) is 2.44. The lowest BCUT2D eigenvalue weighted by Crippen LogP contribution is -2.43. The minimum atomic E-state index is -0.522. The molecule has 0 radical (unpaired) electrons. The van der Waals surface area contributed by atoms with Gasteiger partial charge in [-0.15, -0.1) is 0 Å². The van der Waals surface area contributed by atoms with E-state index in [4.69, 9.17) is 18.9 Å². The average Bonchev–Trinajstić information content (AvgIpc) is 3.72. The number of nitrogens with one attached hydrogen (secondary N) is 1. The third-order valence-electron chi connectivity index (χ3n) is 6.32. The van der Waals surface area contributed by atoms with Crippen LogP contribution in [0.4, 0.5) is 5.69 Å². The number of hydrogen-bond acceptors (Lipinski definition) is 7. The molecule has 0 aromatic heterocycles. The van der Waals surface area contributed by atoms with Crippen molar-refractivity contribution in [3.8, 4) is 17.2 Å². The number of anilines is 1. The Labute approximate surface area is 204 Å². The van der Waals surface area contributed by atoms with Crippen LogP contribution in [0.25, 0.3) is 0 Å². The molecule has 1 saturated carbocycles. The van der Waals surface area contributed by atoms with Crippen LogP contribution in [0.15, 0.2) is 36.4 Å². The zero-order valence-electron chi connectivity index (χ0n) is 20.2. The van der Waals surface area contributed by atoms with Gasteiger partial charge in [0.25, 0.3) is 5.91 Å². The molecule has 0 spiro atoms. The second-order valence-electron chi connectivity index (χ2n) is 8.62. The van der Waals surface area contributed by atoms with Gasteiger partial charge in [-0.3, -0.25) is 14.4 Å². The van der Waals surface area contributed by atoms with E-state index in [-0.39, 0.29) is 30.8 Å². The van der Waals surface area contributed by atoms with E-state index in [1.54, 1.807) is 43.4 Å². The highest BCUT2D eigenvalue weighted by atomic mass is 16.5. The van der Waals surface area contributed by atoms with Crippen LogP contribution in [-0.4, -0.2) is 57.2 Å². The number of carbonyl (C=O) groups excluding carboxylic acids is 3. The van der Waals surface area contributed by atoms with Crippen molar-refractivity contribution < 1.29 is 33.3 Å². The van der Waals surface area contributed by atoms with Crippen LogP contribution in [-0.2, 0) is 25.5 Å². The number of hydrogen-bond donors (Lipinski definition) is 1. The molecular formula is C26H30N2O7. The Kier molecular flexibility index (Phi) is 7.43. The largest absolute Gasteiger partial charge is 0.493 e. The molecule has 1 atom stereocenters. The number of amides is 2. The highest BCUT2D eigenvalue weighted by Crippen LogP contribution is 2.39. The molecule has 9 heteroatoms. The maximum absolute atomic E-state index is 13.2. The lowest BCUT2D eigenvalue weighted by atomic mass is 9.90. The molecule has 1 aliphatic heterocycles. The van der Waals surface area contributed by atoms with Crippen LogP contribution >= 0.6 is 0 Å². The lowest BCUT2D eigenvalue weighted by molar-refractivity contribution is -0.144. The Balaban J connectivity index is 1.49. The summed E-state index contributed by atoms with van der Waals surface area (Å²) in [7, 11) is 4.43. The first-order valence-electron chi connectivity index (χ1n) is 11.6. The molecule has 1 unspecified atom stereocenters. The number of ether oxygens (including phenoxy) is 4. The topological polar surface area (TPSA) is 103 Å². The van der Waals surface area contributed by atoms with Crippen LogP contribution in [0.3, 0.4) is 0 Å². The van der Waals surface area contributed by atoms with Crippen LogP contribution in [0.1, 0.15) is 36.4 Å². The summed E-state index contributed by atoms with van der Waals surface area (Å²) < 4.78 is 21.5. The molecule has 35 heavy (non-hydrogen) atoms. The molecule has 1 heterocycles. The quantitative estimate of drug-likeness (QED) is 0.548. The van der Waals surface area contributed by atoms with E-state index in [0.717, 1.165) is 24.0 Å². The van der Waals surface area contributed by atoms with E-state index in [2.05, 4.69) is 5.32 Å². The first-order valence-corrected chi connectivity index (χ1v) is 11.6. The van der Waals surface area contributed by atoms with Crippen molar-refractivity contribution in [2.75, 3.05) is 39.8 Å². The Bertz CT molecular complexity index is 1110. The summed E-state index contributed by atoms with van der Waals surface area (Å²) in [6.45, 7) is 0.212. The van der Waals surface area contributed by atoms with E-state index >= 15 is 0 Å². The van der Waals surface area contributed by atoms with Crippen LogP contribution in [0.5, 0.6) is 17.2 Å². The summed E-state index contributed by atoms with van der Waals surface area (Å²) in [6, 6.07) is 10.2. The number of fused-ring (bicyclic) bond motifs is 1. The molecular weight excluding hydrogens is 452 g/mol. The Hall–Kier alpha value is -3.75. The van der Waals surface area contributed by atoms with Crippen LogP contribution < -0.4 is 19.5 Å². The minimum Gasteiger partial charge on any atom is -0.493 e. The van der Waals surface area contributed by atoms with Gasteiger partial charge in [0, 0.05) is 24.2 Å². The average molecular weight is 483 g/mol. The summed E-state index contributed by atoms with van der Waals surface area (Å²) >= 11 is 0. The number of methoxy groups -OCH3 is 3. The third-order valence-corrected chi connectivity index (χ3v) is 6.32. The summed E-state index contributed by atoms with van der Waals surface area (Å²) in [5.41, 5.74) is 2.43. The normalized spacial score (nSPS) is 16.7. The van der Waals surface area contributed by atoms with Crippen LogP contribution in [0.2, 0.25) is 0 Å². The monoisotopic (exact) mass is 482 g/mol. The minimum absolute atomic E-state index is 0.00270. The molecule has 4 rings (SSSR count). The van der Waals surface area contributed by atoms with Crippen molar-refractivity contribution >= 4 is 23.5 Å². The van der Waals surface area contributed by atoms with Gasteiger partial charge in [-0.25, -0.2) is 0 Å². The third kappa shape index (κ3) is 5.67. The van der Waals surface area contributed by atoms with E-state index in [1.807, 2.05) is 12.1 Å². The van der Waals surface area contributed by atoms with Crippen molar-refractivity contribution in [1.82, 2.24) is 4.90 Å². The zero-order valence-corrected chi connectivity index (χ0v) is 20.2.